The van der Waals surface area contributed by atoms with Gasteiger partial charge in [0.2, 0.25) is 5.91 Å². The van der Waals surface area contributed by atoms with Crippen molar-refractivity contribution in [2.75, 3.05) is 13.1 Å². The van der Waals surface area contributed by atoms with Gasteiger partial charge in [-0.3, -0.25) is 4.79 Å². The van der Waals surface area contributed by atoms with E-state index in [4.69, 9.17) is 4.74 Å². The highest BCUT2D eigenvalue weighted by Gasteiger charge is 2.33. The van der Waals surface area contributed by atoms with Crippen molar-refractivity contribution >= 4 is 27.3 Å². The van der Waals surface area contributed by atoms with Crippen molar-refractivity contribution in [3.8, 4) is 5.75 Å². The van der Waals surface area contributed by atoms with Crippen LogP contribution in [-0.4, -0.2) is 37.8 Å². The zero-order valence-corrected chi connectivity index (χ0v) is 17.8. The SMILES string of the molecule is CC(C)Oc1cccc(CNC(=O)C2CCCN(S(=O)(=O)c3cccs3)C2)c1. The molecule has 2 heterocycles. The first-order valence-electron chi connectivity index (χ1n) is 9.43. The van der Waals surface area contributed by atoms with Crippen LogP contribution in [0, 0.1) is 5.92 Å². The van der Waals surface area contributed by atoms with Crippen LogP contribution in [0.3, 0.4) is 0 Å². The van der Waals surface area contributed by atoms with Crippen LogP contribution in [0.4, 0.5) is 0 Å². The average Bonchev–Trinajstić information content (AvgIpc) is 3.22. The molecule has 0 spiro atoms. The molecule has 1 atom stereocenters. The van der Waals surface area contributed by atoms with Gasteiger partial charge in [0.1, 0.15) is 9.96 Å². The molecule has 28 heavy (non-hydrogen) atoms. The first-order chi connectivity index (χ1) is 13.4. The topological polar surface area (TPSA) is 75.7 Å². The van der Waals surface area contributed by atoms with Gasteiger partial charge in [-0.15, -0.1) is 11.3 Å². The Hall–Kier alpha value is -1.90. The highest BCUT2D eigenvalue weighted by molar-refractivity contribution is 7.91. The molecule has 1 unspecified atom stereocenters. The Morgan fingerprint density at radius 1 is 1.32 bits per heavy atom. The summed E-state index contributed by atoms with van der Waals surface area (Å²) >= 11 is 1.20. The van der Waals surface area contributed by atoms with Gasteiger partial charge in [-0.25, -0.2) is 8.42 Å². The van der Waals surface area contributed by atoms with Crippen molar-refractivity contribution in [1.29, 1.82) is 0 Å². The van der Waals surface area contributed by atoms with Gasteiger partial charge in [0, 0.05) is 19.6 Å². The molecule has 1 N–H and O–H groups in total. The highest BCUT2D eigenvalue weighted by atomic mass is 32.2. The van der Waals surface area contributed by atoms with E-state index >= 15 is 0 Å². The third kappa shape index (κ3) is 5.12. The molecule has 0 radical (unpaired) electrons. The minimum absolute atomic E-state index is 0.0864. The molecule has 3 rings (SSSR count). The van der Waals surface area contributed by atoms with Gasteiger partial charge in [0.05, 0.1) is 12.0 Å². The van der Waals surface area contributed by atoms with Crippen LogP contribution in [0.1, 0.15) is 32.3 Å². The first-order valence-corrected chi connectivity index (χ1v) is 11.7. The summed E-state index contributed by atoms with van der Waals surface area (Å²) in [6.07, 6.45) is 1.46. The lowest BCUT2D eigenvalue weighted by Crippen LogP contribution is -2.45. The standard InChI is InChI=1S/C20H26N2O4S2/c1-15(2)26-18-8-3-6-16(12-18)13-21-20(23)17-7-4-10-22(14-17)28(24,25)19-9-5-11-27-19/h3,5-6,8-9,11-12,15,17H,4,7,10,13-14H2,1-2H3,(H,21,23). The minimum atomic E-state index is -3.51. The van der Waals surface area contributed by atoms with Crippen LogP contribution >= 0.6 is 11.3 Å². The van der Waals surface area contributed by atoms with E-state index in [0.717, 1.165) is 11.3 Å². The molecule has 1 aromatic heterocycles. The van der Waals surface area contributed by atoms with Gasteiger partial charge in [0.25, 0.3) is 10.0 Å². The highest BCUT2D eigenvalue weighted by Crippen LogP contribution is 2.26. The Labute approximate surface area is 170 Å². The Morgan fingerprint density at radius 2 is 2.14 bits per heavy atom. The van der Waals surface area contributed by atoms with Gasteiger partial charge >= 0.3 is 0 Å². The number of ether oxygens (including phenoxy) is 1. The lowest BCUT2D eigenvalue weighted by Gasteiger charge is -2.30. The summed E-state index contributed by atoms with van der Waals surface area (Å²) in [5, 5.41) is 4.69. The number of hydrogen-bond donors (Lipinski definition) is 1. The fourth-order valence-corrected chi connectivity index (χ4v) is 5.92. The van der Waals surface area contributed by atoms with Crippen LogP contribution in [-0.2, 0) is 21.4 Å². The lowest BCUT2D eigenvalue weighted by atomic mass is 9.99. The molecule has 0 aliphatic carbocycles. The van der Waals surface area contributed by atoms with Crippen LogP contribution in [0.25, 0.3) is 0 Å². The average molecular weight is 423 g/mol. The van der Waals surface area contributed by atoms with E-state index in [1.807, 2.05) is 38.1 Å². The van der Waals surface area contributed by atoms with Gasteiger partial charge < -0.3 is 10.1 Å². The van der Waals surface area contributed by atoms with E-state index in [1.54, 1.807) is 17.5 Å². The van der Waals surface area contributed by atoms with Crippen molar-refractivity contribution in [3.05, 3.63) is 47.3 Å². The third-order valence-electron chi connectivity index (χ3n) is 4.58. The lowest BCUT2D eigenvalue weighted by molar-refractivity contribution is -0.126. The molecule has 1 aliphatic heterocycles. The molecule has 1 aliphatic rings. The number of carbonyl (C=O) groups is 1. The van der Waals surface area contributed by atoms with Crippen LogP contribution < -0.4 is 10.1 Å². The number of sulfonamides is 1. The second-order valence-corrected chi connectivity index (χ2v) is 10.3. The second kappa shape index (κ2) is 9.07. The monoisotopic (exact) mass is 422 g/mol. The van der Waals surface area contributed by atoms with E-state index in [-0.39, 0.29) is 24.5 Å². The van der Waals surface area contributed by atoms with Crippen LogP contribution in [0.15, 0.2) is 46.0 Å². The van der Waals surface area contributed by atoms with Crippen molar-refractivity contribution in [1.82, 2.24) is 9.62 Å². The number of nitrogens with zero attached hydrogens (tertiary/aromatic N) is 1. The Kier molecular flexibility index (Phi) is 6.74. The summed E-state index contributed by atoms with van der Waals surface area (Å²) in [5.41, 5.74) is 0.949. The minimum Gasteiger partial charge on any atom is -0.491 e. The van der Waals surface area contributed by atoms with Crippen molar-refractivity contribution in [2.45, 2.75) is 43.5 Å². The Bertz CT molecular complexity index is 895. The number of amides is 1. The molecule has 0 saturated carbocycles. The van der Waals surface area contributed by atoms with E-state index in [9.17, 15) is 13.2 Å². The fraction of sp³-hybridized carbons (Fsp3) is 0.450. The van der Waals surface area contributed by atoms with Gasteiger partial charge in [-0.1, -0.05) is 18.2 Å². The molecule has 1 saturated heterocycles. The molecule has 8 heteroatoms. The molecular weight excluding hydrogens is 396 g/mol. The predicted octanol–water partition coefficient (Wildman–Crippen LogP) is 3.25. The van der Waals surface area contributed by atoms with Crippen LogP contribution in [0.2, 0.25) is 0 Å². The normalized spacial score (nSPS) is 18.2. The van der Waals surface area contributed by atoms with Gasteiger partial charge in [-0.05, 0) is 55.8 Å². The van der Waals surface area contributed by atoms with Crippen molar-refractivity contribution in [3.63, 3.8) is 0 Å². The zero-order valence-electron chi connectivity index (χ0n) is 16.1. The van der Waals surface area contributed by atoms with Crippen molar-refractivity contribution < 1.29 is 17.9 Å². The van der Waals surface area contributed by atoms with E-state index in [0.29, 0.717) is 30.1 Å². The summed E-state index contributed by atoms with van der Waals surface area (Å²) in [7, 11) is -3.51. The molecule has 2 aromatic rings. The summed E-state index contributed by atoms with van der Waals surface area (Å²) in [4.78, 5) is 12.6. The maximum atomic E-state index is 12.7. The Morgan fingerprint density at radius 3 is 2.86 bits per heavy atom. The molecule has 152 valence electrons. The summed E-state index contributed by atoms with van der Waals surface area (Å²) in [6.45, 7) is 5.00. The fourth-order valence-electron chi connectivity index (χ4n) is 3.25. The summed E-state index contributed by atoms with van der Waals surface area (Å²) in [5.74, 6) is 0.326. The largest absolute Gasteiger partial charge is 0.491 e. The number of hydrogen-bond acceptors (Lipinski definition) is 5. The molecular formula is C20H26N2O4S2. The molecule has 1 amide bonds. The summed E-state index contributed by atoms with van der Waals surface area (Å²) < 4.78 is 32.9. The molecule has 6 nitrogen and oxygen atoms in total. The van der Waals surface area contributed by atoms with Crippen LogP contribution in [0.5, 0.6) is 5.75 Å². The number of thiophene rings is 1. The molecule has 1 aromatic carbocycles. The number of piperidine rings is 1. The van der Waals surface area contributed by atoms with E-state index < -0.39 is 10.0 Å². The van der Waals surface area contributed by atoms with Crippen molar-refractivity contribution in [2.24, 2.45) is 5.92 Å². The number of rotatable bonds is 7. The van der Waals surface area contributed by atoms with E-state index in [2.05, 4.69) is 5.32 Å². The maximum Gasteiger partial charge on any atom is 0.252 e. The number of carbonyl (C=O) groups excluding carboxylic acids is 1. The second-order valence-electron chi connectivity index (χ2n) is 7.17. The number of benzene rings is 1. The van der Waals surface area contributed by atoms with E-state index in [1.165, 1.54) is 15.6 Å². The quantitative estimate of drug-likeness (QED) is 0.743. The Balaban J connectivity index is 1.59. The van der Waals surface area contributed by atoms with Gasteiger partial charge in [-0.2, -0.15) is 4.31 Å². The predicted molar refractivity (Wildman–Crippen MR) is 110 cm³/mol. The molecule has 1 fully saturated rings. The first kappa shape index (κ1) is 20.8. The van der Waals surface area contributed by atoms with Gasteiger partial charge in [0.15, 0.2) is 0 Å². The molecule has 0 bridgehead atoms. The zero-order chi connectivity index (χ0) is 20.1. The summed E-state index contributed by atoms with van der Waals surface area (Å²) in [6, 6.07) is 11.0. The number of nitrogens with one attached hydrogen (secondary N) is 1. The maximum absolute atomic E-state index is 12.7. The smallest absolute Gasteiger partial charge is 0.252 e. The third-order valence-corrected chi connectivity index (χ3v) is 7.82.